The van der Waals surface area contributed by atoms with Gasteiger partial charge in [0.15, 0.2) is 5.76 Å². The molecule has 0 saturated carbocycles. The number of carbonyl (C=O) groups excluding carboxylic acids is 1. The molecule has 0 aromatic rings. The van der Waals surface area contributed by atoms with Crippen LogP contribution in [0, 0.1) is 0 Å². The molecule has 12 heavy (non-hydrogen) atoms. The van der Waals surface area contributed by atoms with Gasteiger partial charge in [0.25, 0.3) is 0 Å². The molecule has 0 amide bonds. The van der Waals surface area contributed by atoms with E-state index in [1.807, 2.05) is 26.6 Å². The zero-order chi connectivity index (χ0) is 9.78. The van der Waals surface area contributed by atoms with Gasteiger partial charge in [-0.1, -0.05) is 5.73 Å². The van der Waals surface area contributed by atoms with Gasteiger partial charge in [-0.15, -0.1) is 0 Å². The van der Waals surface area contributed by atoms with Gasteiger partial charge >= 0.3 is 0 Å². The molecule has 0 unspecified atom stereocenters. The molecular weight excluding hydrogens is 168 g/mol. The predicted molar refractivity (Wildman–Crippen MR) is 52.4 cm³/mol. The molecule has 0 saturated heterocycles. The Hall–Kier alpha value is -0.793. The highest BCUT2D eigenvalue weighted by molar-refractivity contribution is 6.70. The summed E-state index contributed by atoms with van der Waals surface area (Å²) >= 11 is 0. The number of Topliss-reactive ketones (excluding diaryl/α,β-unsaturated/α-hetero) is 1. The zero-order valence-corrected chi connectivity index (χ0v) is 9.39. The van der Waals surface area contributed by atoms with E-state index >= 15 is 0 Å². The molecular formula is C9H16O2Si. The largest absolute Gasteiger partial charge is 0.537 e. The van der Waals surface area contributed by atoms with Crippen LogP contribution in [0.4, 0.5) is 0 Å². The average Bonchev–Trinajstić information content (AvgIpc) is 1.83. The third kappa shape index (κ3) is 4.94. The van der Waals surface area contributed by atoms with Gasteiger partial charge in [-0.3, -0.25) is 4.79 Å². The summed E-state index contributed by atoms with van der Waals surface area (Å²) in [7, 11) is -1.66. The van der Waals surface area contributed by atoms with Gasteiger partial charge in [0.1, 0.15) is 0 Å². The van der Waals surface area contributed by atoms with Crippen molar-refractivity contribution >= 4 is 14.1 Å². The van der Waals surface area contributed by atoms with Gasteiger partial charge in [0, 0.05) is 6.92 Å². The predicted octanol–water partition coefficient (Wildman–Crippen LogP) is 2.49. The van der Waals surface area contributed by atoms with E-state index < -0.39 is 8.32 Å². The lowest BCUT2D eigenvalue weighted by Crippen LogP contribution is -2.26. The quantitative estimate of drug-likeness (QED) is 0.291. The monoisotopic (exact) mass is 184 g/mol. The second kappa shape index (κ2) is 4.29. The molecule has 0 rings (SSSR count). The molecule has 2 nitrogen and oxygen atoms in total. The standard InChI is InChI=1S/C9H16O2Si/c1-6-7-9(8(2)10)11-12(3,4)5/h6H,1-5H3. The van der Waals surface area contributed by atoms with Crippen molar-refractivity contribution in [3.8, 4) is 0 Å². The van der Waals surface area contributed by atoms with Crippen LogP contribution in [0.5, 0.6) is 0 Å². The molecule has 0 aliphatic carbocycles. The summed E-state index contributed by atoms with van der Waals surface area (Å²) in [5.41, 5.74) is 2.79. The molecule has 0 N–H and O–H groups in total. The second-order valence-electron chi connectivity index (χ2n) is 3.53. The zero-order valence-electron chi connectivity index (χ0n) is 8.39. The van der Waals surface area contributed by atoms with Crippen LogP contribution in [0.15, 0.2) is 17.6 Å². The maximum Gasteiger partial charge on any atom is 0.243 e. The van der Waals surface area contributed by atoms with Gasteiger partial charge in [-0.05, 0) is 32.6 Å². The Morgan fingerprint density at radius 3 is 2.17 bits per heavy atom. The topological polar surface area (TPSA) is 26.3 Å². The molecule has 68 valence electrons. The minimum absolute atomic E-state index is 0.0597. The Morgan fingerprint density at radius 1 is 1.42 bits per heavy atom. The van der Waals surface area contributed by atoms with Crippen LogP contribution in [0.2, 0.25) is 19.6 Å². The molecule has 0 fully saturated rings. The van der Waals surface area contributed by atoms with E-state index in [4.69, 9.17) is 4.43 Å². The number of hydrogen-bond acceptors (Lipinski definition) is 2. The Morgan fingerprint density at radius 2 is 1.92 bits per heavy atom. The maximum atomic E-state index is 11.0. The first kappa shape index (κ1) is 11.2. The Balaban J connectivity index is 4.59. The molecule has 0 atom stereocenters. The second-order valence-corrected chi connectivity index (χ2v) is 7.96. The van der Waals surface area contributed by atoms with Crippen molar-refractivity contribution < 1.29 is 9.22 Å². The number of allylic oxidation sites excluding steroid dienone is 1. The highest BCUT2D eigenvalue weighted by Gasteiger charge is 2.19. The lowest BCUT2D eigenvalue weighted by molar-refractivity contribution is -0.115. The average molecular weight is 184 g/mol. The molecule has 3 heteroatoms. The van der Waals surface area contributed by atoms with Gasteiger partial charge < -0.3 is 4.43 Å². The summed E-state index contributed by atoms with van der Waals surface area (Å²) in [5.74, 6) is 0.298. The van der Waals surface area contributed by atoms with Gasteiger partial charge in [-0.2, -0.15) is 0 Å². The molecule has 0 bridgehead atoms. The summed E-state index contributed by atoms with van der Waals surface area (Å²) in [6, 6.07) is 0. The number of carbonyl (C=O) groups is 1. The maximum absolute atomic E-state index is 11.0. The molecule has 0 aliphatic rings. The van der Waals surface area contributed by atoms with Gasteiger partial charge in [-0.25, -0.2) is 0 Å². The first-order valence-electron chi connectivity index (χ1n) is 3.98. The van der Waals surface area contributed by atoms with Crippen molar-refractivity contribution in [2.45, 2.75) is 33.5 Å². The number of hydrogen-bond donors (Lipinski definition) is 0. The molecule has 0 aromatic carbocycles. The lowest BCUT2D eigenvalue weighted by Gasteiger charge is -2.18. The third-order valence-corrected chi connectivity index (χ3v) is 1.82. The Kier molecular flexibility index (Phi) is 4.00. The number of rotatable bonds is 3. The third-order valence-electron chi connectivity index (χ3n) is 1.00. The van der Waals surface area contributed by atoms with Crippen LogP contribution in [0.25, 0.3) is 0 Å². The first-order valence-corrected chi connectivity index (χ1v) is 7.39. The van der Waals surface area contributed by atoms with Crippen molar-refractivity contribution in [2.24, 2.45) is 0 Å². The molecule has 0 radical (unpaired) electrons. The Labute approximate surface area is 75.1 Å². The van der Waals surface area contributed by atoms with E-state index in [0.29, 0.717) is 5.76 Å². The van der Waals surface area contributed by atoms with Crippen LogP contribution < -0.4 is 0 Å². The SMILES string of the molecule is CC=C=C(O[Si](C)(C)C)C(C)=O. The highest BCUT2D eigenvalue weighted by Crippen LogP contribution is 2.09. The fourth-order valence-electron chi connectivity index (χ4n) is 0.640. The van der Waals surface area contributed by atoms with Crippen LogP contribution in [0.3, 0.4) is 0 Å². The highest BCUT2D eigenvalue weighted by atomic mass is 28.4. The van der Waals surface area contributed by atoms with E-state index in [0.717, 1.165) is 0 Å². The summed E-state index contributed by atoms with van der Waals surface area (Å²) in [5, 5.41) is 0. The van der Waals surface area contributed by atoms with E-state index in [9.17, 15) is 4.79 Å². The smallest absolute Gasteiger partial charge is 0.243 e. The minimum Gasteiger partial charge on any atom is -0.537 e. The van der Waals surface area contributed by atoms with E-state index in [2.05, 4.69) is 5.73 Å². The summed E-state index contributed by atoms with van der Waals surface area (Å²) < 4.78 is 5.50. The molecule has 0 heterocycles. The number of ketones is 1. The van der Waals surface area contributed by atoms with Crippen LogP contribution in [-0.2, 0) is 9.22 Å². The van der Waals surface area contributed by atoms with E-state index in [-0.39, 0.29) is 5.78 Å². The fraction of sp³-hybridized carbons (Fsp3) is 0.556. The minimum atomic E-state index is -1.66. The van der Waals surface area contributed by atoms with Gasteiger partial charge in [0.05, 0.1) is 0 Å². The van der Waals surface area contributed by atoms with Crippen LogP contribution in [0.1, 0.15) is 13.8 Å². The first-order chi connectivity index (χ1) is 5.37. The van der Waals surface area contributed by atoms with Crippen molar-refractivity contribution in [2.75, 3.05) is 0 Å². The summed E-state index contributed by atoms with van der Waals surface area (Å²) in [6.45, 7) is 9.41. The van der Waals surface area contributed by atoms with Crippen molar-refractivity contribution in [1.82, 2.24) is 0 Å². The molecule has 0 aliphatic heterocycles. The lowest BCUT2D eigenvalue weighted by atomic mass is 10.4. The summed E-state index contributed by atoms with van der Waals surface area (Å²) in [4.78, 5) is 11.0. The van der Waals surface area contributed by atoms with Crippen LogP contribution >= 0.6 is 0 Å². The molecule has 0 aromatic heterocycles. The molecule has 0 spiro atoms. The fourth-order valence-corrected chi connectivity index (χ4v) is 1.46. The Bertz CT molecular complexity index is 229. The summed E-state index contributed by atoms with van der Waals surface area (Å²) in [6.07, 6.45) is 1.69. The van der Waals surface area contributed by atoms with E-state index in [1.165, 1.54) is 6.92 Å². The van der Waals surface area contributed by atoms with Crippen molar-refractivity contribution in [1.29, 1.82) is 0 Å². The van der Waals surface area contributed by atoms with Gasteiger partial charge in [0.2, 0.25) is 14.1 Å². The van der Waals surface area contributed by atoms with E-state index in [1.54, 1.807) is 6.08 Å². The van der Waals surface area contributed by atoms with Crippen LogP contribution in [-0.4, -0.2) is 14.1 Å². The van der Waals surface area contributed by atoms with Crippen molar-refractivity contribution in [3.05, 3.63) is 17.6 Å². The normalized spacial score (nSPS) is 10.1. The van der Waals surface area contributed by atoms with Crippen molar-refractivity contribution in [3.63, 3.8) is 0 Å².